The minimum absolute atomic E-state index is 0.149. The van der Waals surface area contributed by atoms with Crippen molar-refractivity contribution in [3.8, 4) is 17.2 Å². The molecular weight excluding hydrogens is 420 g/mol. The van der Waals surface area contributed by atoms with E-state index in [4.69, 9.17) is 17.0 Å². The molecule has 1 saturated heterocycles. The first-order valence-corrected chi connectivity index (χ1v) is 10.7. The summed E-state index contributed by atoms with van der Waals surface area (Å²) in [6.45, 7) is 0. The lowest BCUT2D eigenvalue weighted by molar-refractivity contribution is 0.414. The van der Waals surface area contributed by atoms with Crippen molar-refractivity contribution < 1.29 is 9.84 Å². The van der Waals surface area contributed by atoms with E-state index in [0.29, 0.717) is 5.11 Å². The normalized spacial score (nSPS) is 17.9. The van der Waals surface area contributed by atoms with Crippen LogP contribution in [0.1, 0.15) is 23.5 Å². The van der Waals surface area contributed by atoms with E-state index < -0.39 is 0 Å². The molecule has 0 bridgehead atoms. The summed E-state index contributed by atoms with van der Waals surface area (Å²) >= 11 is 5.77. The van der Waals surface area contributed by atoms with Crippen molar-refractivity contribution in [2.45, 2.75) is 12.1 Å². The zero-order chi connectivity index (χ0) is 22.1. The van der Waals surface area contributed by atoms with Gasteiger partial charge in [0.25, 0.3) is 0 Å². The van der Waals surface area contributed by atoms with Crippen LogP contribution in [0.3, 0.4) is 0 Å². The summed E-state index contributed by atoms with van der Waals surface area (Å²) in [5.41, 5.74) is 3.88. The number of hydrogen-bond acceptors (Lipinski definition) is 4. The molecule has 1 aliphatic heterocycles. The van der Waals surface area contributed by atoms with E-state index in [9.17, 15) is 5.11 Å². The van der Waals surface area contributed by atoms with Gasteiger partial charge in [-0.15, -0.1) is 0 Å². The summed E-state index contributed by atoms with van der Waals surface area (Å²) in [6.07, 6.45) is 3.84. The Kier molecular flexibility index (Phi) is 5.25. The molecule has 0 unspecified atom stereocenters. The van der Waals surface area contributed by atoms with Gasteiger partial charge in [-0.3, -0.25) is 4.98 Å². The van der Waals surface area contributed by atoms with E-state index in [-0.39, 0.29) is 17.8 Å². The molecule has 0 spiro atoms. The SMILES string of the molecule is COc1ccc(-n2cccc2[C@@H]2[C@@H](c3ccccn3)NC(=S)N2c2ccc(O)cc2)cc1. The van der Waals surface area contributed by atoms with Crippen molar-refractivity contribution in [2.75, 3.05) is 12.0 Å². The minimum Gasteiger partial charge on any atom is -0.508 e. The average Bonchev–Trinajstić information content (AvgIpc) is 3.44. The standard InChI is InChI=1S/C25H22N4O2S/c1-31-20-13-9-17(10-14-20)28-16-4-6-22(28)24-23(21-5-2-3-15-26-21)27-25(32)29(24)18-7-11-19(30)12-8-18/h2-16,23-24,30H,1H3,(H,27,32)/t23-,24-/m1/s1. The van der Waals surface area contributed by atoms with Gasteiger partial charge >= 0.3 is 0 Å². The number of phenols is 1. The van der Waals surface area contributed by atoms with Gasteiger partial charge in [-0.1, -0.05) is 6.07 Å². The molecule has 160 valence electrons. The van der Waals surface area contributed by atoms with Crippen LogP contribution in [-0.2, 0) is 0 Å². The second-order valence-electron chi connectivity index (χ2n) is 7.51. The molecule has 5 rings (SSSR count). The first kappa shape index (κ1) is 20.1. The Morgan fingerprint density at radius 3 is 2.38 bits per heavy atom. The molecule has 1 fully saturated rings. The molecule has 7 heteroatoms. The summed E-state index contributed by atoms with van der Waals surface area (Å²) in [4.78, 5) is 6.69. The van der Waals surface area contributed by atoms with Gasteiger partial charge in [0.05, 0.1) is 18.8 Å². The fourth-order valence-electron chi connectivity index (χ4n) is 4.16. The number of nitrogens with one attached hydrogen (secondary N) is 1. The van der Waals surface area contributed by atoms with Crippen LogP contribution in [0.5, 0.6) is 11.5 Å². The lowest BCUT2D eigenvalue weighted by atomic mass is 10.0. The van der Waals surface area contributed by atoms with E-state index in [1.165, 1.54) is 0 Å². The van der Waals surface area contributed by atoms with E-state index in [0.717, 1.165) is 28.5 Å². The zero-order valence-corrected chi connectivity index (χ0v) is 18.2. The lowest BCUT2D eigenvalue weighted by Crippen LogP contribution is -2.30. The Morgan fingerprint density at radius 1 is 0.938 bits per heavy atom. The Labute approximate surface area is 191 Å². The molecule has 0 radical (unpaired) electrons. The van der Waals surface area contributed by atoms with Crippen molar-refractivity contribution in [1.29, 1.82) is 0 Å². The van der Waals surface area contributed by atoms with Crippen molar-refractivity contribution in [2.24, 2.45) is 0 Å². The van der Waals surface area contributed by atoms with Gasteiger partial charge in [0.2, 0.25) is 0 Å². The highest BCUT2D eigenvalue weighted by atomic mass is 32.1. The number of thiocarbonyl (C=S) groups is 1. The van der Waals surface area contributed by atoms with Gasteiger partial charge in [-0.05, 0) is 85.0 Å². The fraction of sp³-hybridized carbons (Fsp3) is 0.120. The molecule has 0 saturated carbocycles. The van der Waals surface area contributed by atoms with E-state index >= 15 is 0 Å². The maximum Gasteiger partial charge on any atom is 0.174 e. The Hall–Kier alpha value is -3.84. The highest BCUT2D eigenvalue weighted by Gasteiger charge is 2.42. The molecule has 2 aromatic heterocycles. The van der Waals surface area contributed by atoms with Gasteiger partial charge in [-0.25, -0.2) is 0 Å². The number of benzene rings is 2. The Morgan fingerprint density at radius 2 is 1.69 bits per heavy atom. The number of phenolic OH excluding ortho intramolecular Hbond substituents is 1. The number of aromatic hydroxyl groups is 1. The molecule has 2 atom stereocenters. The van der Waals surface area contributed by atoms with Crippen molar-refractivity contribution >= 4 is 23.0 Å². The Balaban J connectivity index is 1.64. The van der Waals surface area contributed by atoms with Gasteiger partial charge in [0.15, 0.2) is 5.11 Å². The number of rotatable bonds is 5. The van der Waals surface area contributed by atoms with Crippen LogP contribution in [0.25, 0.3) is 5.69 Å². The number of ether oxygens (including phenoxy) is 1. The summed E-state index contributed by atoms with van der Waals surface area (Å²) in [5, 5.41) is 13.9. The molecule has 6 nitrogen and oxygen atoms in total. The largest absolute Gasteiger partial charge is 0.508 e. The van der Waals surface area contributed by atoms with Crippen molar-refractivity contribution in [3.05, 3.63) is 103 Å². The van der Waals surface area contributed by atoms with Gasteiger partial charge in [-0.2, -0.15) is 0 Å². The van der Waals surface area contributed by atoms with Gasteiger partial charge in [0.1, 0.15) is 17.5 Å². The number of anilines is 1. The van der Waals surface area contributed by atoms with Crippen LogP contribution in [0, 0.1) is 0 Å². The van der Waals surface area contributed by atoms with Crippen LogP contribution >= 0.6 is 12.2 Å². The maximum atomic E-state index is 9.79. The molecular formula is C25H22N4O2S. The van der Waals surface area contributed by atoms with Gasteiger partial charge in [0, 0.05) is 29.5 Å². The molecule has 2 aromatic carbocycles. The minimum atomic E-state index is -0.154. The highest BCUT2D eigenvalue weighted by Crippen LogP contribution is 2.42. The third-order valence-corrected chi connectivity index (χ3v) is 5.97. The predicted octanol–water partition coefficient (Wildman–Crippen LogP) is 4.76. The molecule has 0 amide bonds. The fourth-order valence-corrected chi connectivity index (χ4v) is 4.51. The number of pyridine rings is 1. The molecule has 4 aromatic rings. The molecule has 1 aliphatic rings. The van der Waals surface area contributed by atoms with Gasteiger partial charge < -0.3 is 24.6 Å². The summed E-state index contributed by atoms with van der Waals surface area (Å²) in [5.74, 6) is 1.02. The van der Waals surface area contributed by atoms with E-state index in [1.54, 1.807) is 25.4 Å². The molecule has 3 heterocycles. The van der Waals surface area contributed by atoms with Crippen molar-refractivity contribution in [1.82, 2.24) is 14.9 Å². The second-order valence-corrected chi connectivity index (χ2v) is 7.90. The predicted molar refractivity (Wildman–Crippen MR) is 128 cm³/mol. The van der Waals surface area contributed by atoms with Crippen LogP contribution in [0.4, 0.5) is 5.69 Å². The quantitative estimate of drug-likeness (QED) is 0.435. The first-order valence-electron chi connectivity index (χ1n) is 10.3. The van der Waals surface area contributed by atoms with E-state index in [2.05, 4.69) is 25.8 Å². The molecule has 2 N–H and O–H groups in total. The molecule has 0 aliphatic carbocycles. The summed E-state index contributed by atoms with van der Waals surface area (Å²) < 4.78 is 7.47. The number of nitrogens with zero attached hydrogens (tertiary/aromatic N) is 3. The molecule has 32 heavy (non-hydrogen) atoms. The average molecular weight is 443 g/mol. The topological polar surface area (TPSA) is 62.5 Å². The maximum absolute atomic E-state index is 9.79. The van der Waals surface area contributed by atoms with Crippen LogP contribution in [0.15, 0.2) is 91.3 Å². The smallest absolute Gasteiger partial charge is 0.174 e. The zero-order valence-electron chi connectivity index (χ0n) is 17.4. The Bertz CT molecular complexity index is 1220. The first-order chi connectivity index (χ1) is 15.7. The van der Waals surface area contributed by atoms with Crippen LogP contribution < -0.4 is 15.0 Å². The highest BCUT2D eigenvalue weighted by molar-refractivity contribution is 7.80. The van der Waals surface area contributed by atoms with Crippen molar-refractivity contribution in [3.63, 3.8) is 0 Å². The van der Waals surface area contributed by atoms with Crippen LogP contribution in [-0.4, -0.2) is 26.9 Å². The number of methoxy groups -OCH3 is 1. The monoisotopic (exact) mass is 442 g/mol. The second kappa shape index (κ2) is 8.36. The third-order valence-electron chi connectivity index (χ3n) is 5.66. The third kappa shape index (κ3) is 3.56. The summed E-state index contributed by atoms with van der Waals surface area (Å²) in [7, 11) is 1.66. The number of hydrogen-bond donors (Lipinski definition) is 2. The summed E-state index contributed by atoms with van der Waals surface area (Å²) in [6, 6.07) is 24.8. The lowest BCUT2D eigenvalue weighted by Gasteiger charge is -2.29. The number of aromatic nitrogens is 2. The van der Waals surface area contributed by atoms with E-state index in [1.807, 2.05) is 66.9 Å². The van der Waals surface area contributed by atoms with Crippen LogP contribution in [0.2, 0.25) is 0 Å².